The van der Waals surface area contributed by atoms with Crippen LogP contribution in [0, 0.1) is 0 Å². The normalized spacial score (nSPS) is 24.8. The van der Waals surface area contributed by atoms with E-state index in [0.717, 1.165) is 25.3 Å². The molecule has 1 aliphatic rings. The summed E-state index contributed by atoms with van der Waals surface area (Å²) in [4.78, 5) is 2.47. The summed E-state index contributed by atoms with van der Waals surface area (Å²) in [5, 5.41) is 3.47. The first-order valence-corrected chi connectivity index (χ1v) is 7.79. The monoisotopic (exact) mass is 292 g/mol. The number of nitrogens with zero attached hydrogens (tertiary/aromatic N) is 1. The van der Waals surface area contributed by atoms with Crippen LogP contribution in [0.15, 0.2) is 24.3 Å². The minimum Gasteiger partial charge on any atom is -0.383 e. The molecule has 4 heteroatoms. The molecule has 0 saturated carbocycles. The lowest BCUT2D eigenvalue weighted by atomic mass is 10.1. The van der Waals surface area contributed by atoms with Gasteiger partial charge < -0.3 is 14.8 Å². The average molecular weight is 292 g/mol. The lowest BCUT2D eigenvalue weighted by molar-refractivity contribution is -0.0704. The first-order chi connectivity index (χ1) is 10.1. The number of ether oxygens (including phenoxy) is 2. The molecule has 0 spiro atoms. The van der Waals surface area contributed by atoms with Crippen molar-refractivity contribution < 1.29 is 9.47 Å². The second-order valence-corrected chi connectivity index (χ2v) is 6.15. The van der Waals surface area contributed by atoms with Gasteiger partial charge in [0.25, 0.3) is 0 Å². The van der Waals surface area contributed by atoms with Crippen LogP contribution in [-0.2, 0) is 16.0 Å². The van der Waals surface area contributed by atoms with Gasteiger partial charge in [-0.3, -0.25) is 4.90 Å². The second-order valence-electron chi connectivity index (χ2n) is 6.15. The molecule has 1 aromatic rings. The summed E-state index contributed by atoms with van der Waals surface area (Å²) >= 11 is 0. The fraction of sp³-hybridized carbons (Fsp3) is 0.647. The third-order valence-corrected chi connectivity index (χ3v) is 3.66. The number of rotatable bonds is 6. The van der Waals surface area contributed by atoms with Crippen molar-refractivity contribution >= 4 is 5.69 Å². The van der Waals surface area contributed by atoms with Gasteiger partial charge in [-0.05, 0) is 38.5 Å². The number of hydrogen-bond donors (Lipinski definition) is 1. The Morgan fingerprint density at radius 2 is 2.05 bits per heavy atom. The van der Waals surface area contributed by atoms with Crippen molar-refractivity contribution in [3.63, 3.8) is 0 Å². The average Bonchev–Trinajstić information content (AvgIpc) is 2.37. The second kappa shape index (κ2) is 7.78. The Labute approximate surface area is 128 Å². The predicted octanol–water partition coefficient (Wildman–Crippen LogP) is 2.74. The Morgan fingerprint density at radius 1 is 1.33 bits per heavy atom. The zero-order chi connectivity index (χ0) is 15.2. The fourth-order valence-electron chi connectivity index (χ4n) is 3.01. The van der Waals surface area contributed by atoms with Crippen LogP contribution in [-0.4, -0.2) is 50.0 Å². The molecule has 21 heavy (non-hydrogen) atoms. The molecule has 4 nitrogen and oxygen atoms in total. The maximum absolute atomic E-state index is 5.79. The Morgan fingerprint density at radius 3 is 2.71 bits per heavy atom. The molecule has 1 saturated heterocycles. The van der Waals surface area contributed by atoms with Gasteiger partial charge in [0, 0.05) is 38.5 Å². The summed E-state index contributed by atoms with van der Waals surface area (Å²) in [5.41, 5.74) is 2.50. The van der Waals surface area contributed by atoms with Gasteiger partial charge in [-0.15, -0.1) is 0 Å². The van der Waals surface area contributed by atoms with Gasteiger partial charge in [0.15, 0.2) is 0 Å². The van der Waals surface area contributed by atoms with Crippen molar-refractivity contribution in [2.45, 2.75) is 45.6 Å². The molecule has 2 rings (SSSR count). The van der Waals surface area contributed by atoms with Gasteiger partial charge in [0.05, 0.1) is 18.8 Å². The lowest BCUT2D eigenvalue weighted by Gasteiger charge is -2.35. The molecule has 0 aromatic heterocycles. The van der Waals surface area contributed by atoms with Crippen molar-refractivity contribution in [1.29, 1.82) is 0 Å². The zero-order valence-electron chi connectivity index (χ0n) is 13.6. The molecule has 0 aliphatic carbocycles. The van der Waals surface area contributed by atoms with Crippen molar-refractivity contribution in [2.75, 3.05) is 32.1 Å². The van der Waals surface area contributed by atoms with Crippen LogP contribution in [0.5, 0.6) is 0 Å². The number of nitrogens with one attached hydrogen (secondary N) is 1. The molecule has 3 unspecified atom stereocenters. The minimum absolute atomic E-state index is 0.314. The highest BCUT2D eigenvalue weighted by Crippen LogP contribution is 2.17. The van der Waals surface area contributed by atoms with E-state index in [1.54, 1.807) is 7.11 Å². The van der Waals surface area contributed by atoms with Crippen LogP contribution >= 0.6 is 0 Å². The van der Waals surface area contributed by atoms with Crippen molar-refractivity contribution in [1.82, 2.24) is 4.90 Å². The van der Waals surface area contributed by atoms with E-state index in [4.69, 9.17) is 9.47 Å². The van der Waals surface area contributed by atoms with Crippen molar-refractivity contribution in [2.24, 2.45) is 0 Å². The van der Waals surface area contributed by atoms with E-state index >= 15 is 0 Å². The molecule has 1 fully saturated rings. The third-order valence-electron chi connectivity index (χ3n) is 3.66. The zero-order valence-corrected chi connectivity index (χ0v) is 13.6. The molecule has 0 bridgehead atoms. The van der Waals surface area contributed by atoms with E-state index in [-0.39, 0.29) is 0 Å². The van der Waals surface area contributed by atoms with Crippen LogP contribution in [0.1, 0.15) is 26.3 Å². The molecule has 1 aliphatic heterocycles. The standard InChI is InChI=1S/C17H28N2O2/c1-13(12-20-4)18-17-7-5-6-16(8-17)11-19-9-14(2)21-15(3)10-19/h5-8,13-15,18H,9-12H2,1-4H3. The molecular formula is C17H28N2O2. The van der Waals surface area contributed by atoms with Crippen LogP contribution in [0.3, 0.4) is 0 Å². The van der Waals surface area contributed by atoms with Crippen molar-refractivity contribution in [3.05, 3.63) is 29.8 Å². The van der Waals surface area contributed by atoms with E-state index in [1.807, 2.05) is 0 Å². The largest absolute Gasteiger partial charge is 0.383 e. The Kier molecular flexibility index (Phi) is 6.03. The molecule has 118 valence electrons. The third kappa shape index (κ3) is 5.30. The number of anilines is 1. The molecule has 1 aromatic carbocycles. The SMILES string of the molecule is COCC(C)Nc1cccc(CN2CC(C)OC(C)C2)c1. The van der Waals surface area contributed by atoms with E-state index in [1.165, 1.54) is 5.56 Å². The van der Waals surface area contributed by atoms with Crippen LogP contribution in [0.25, 0.3) is 0 Å². The lowest BCUT2D eigenvalue weighted by Crippen LogP contribution is -2.44. The van der Waals surface area contributed by atoms with Gasteiger partial charge >= 0.3 is 0 Å². The number of morpholine rings is 1. The highest BCUT2D eigenvalue weighted by atomic mass is 16.5. The highest BCUT2D eigenvalue weighted by molar-refractivity contribution is 5.46. The summed E-state index contributed by atoms with van der Waals surface area (Å²) in [6.45, 7) is 10.1. The molecule has 1 heterocycles. The number of methoxy groups -OCH3 is 1. The van der Waals surface area contributed by atoms with Gasteiger partial charge in [-0.2, -0.15) is 0 Å². The molecule has 0 amide bonds. The van der Waals surface area contributed by atoms with Crippen LogP contribution in [0.2, 0.25) is 0 Å². The molecular weight excluding hydrogens is 264 g/mol. The predicted molar refractivity (Wildman–Crippen MR) is 86.7 cm³/mol. The van der Waals surface area contributed by atoms with E-state index < -0.39 is 0 Å². The van der Waals surface area contributed by atoms with Gasteiger partial charge in [-0.1, -0.05) is 12.1 Å². The maximum Gasteiger partial charge on any atom is 0.0678 e. The fourth-order valence-corrected chi connectivity index (χ4v) is 3.01. The van der Waals surface area contributed by atoms with E-state index in [0.29, 0.717) is 24.9 Å². The van der Waals surface area contributed by atoms with Crippen LogP contribution < -0.4 is 5.32 Å². The molecule has 0 radical (unpaired) electrons. The Hall–Kier alpha value is -1.10. The summed E-state index contributed by atoms with van der Waals surface area (Å²) < 4.78 is 11.0. The van der Waals surface area contributed by atoms with Crippen molar-refractivity contribution in [3.8, 4) is 0 Å². The smallest absolute Gasteiger partial charge is 0.0678 e. The van der Waals surface area contributed by atoms with Gasteiger partial charge in [0.2, 0.25) is 0 Å². The topological polar surface area (TPSA) is 33.7 Å². The maximum atomic E-state index is 5.79. The molecule has 1 N–H and O–H groups in total. The Bertz CT molecular complexity index is 429. The molecule has 3 atom stereocenters. The summed E-state index contributed by atoms with van der Waals surface area (Å²) in [6.07, 6.45) is 0.633. The minimum atomic E-state index is 0.314. The number of hydrogen-bond acceptors (Lipinski definition) is 4. The van der Waals surface area contributed by atoms with Gasteiger partial charge in [-0.25, -0.2) is 0 Å². The quantitative estimate of drug-likeness (QED) is 0.874. The Balaban J connectivity index is 1.94. The number of benzene rings is 1. The van der Waals surface area contributed by atoms with Gasteiger partial charge in [0.1, 0.15) is 0 Å². The highest BCUT2D eigenvalue weighted by Gasteiger charge is 2.22. The van der Waals surface area contributed by atoms with Crippen LogP contribution in [0.4, 0.5) is 5.69 Å². The summed E-state index contributed by atoms with van der Waals surface area (Å²) in [7, 11) is 1.73. The first-order valence-electron chi connectivity index (χ1n) is 7.79. The van der Waals surface area contributed by atoms with E-state index in [2.05, 4.69) is 55.3 Å². The summed E-state index contributed by atoms with van der Waals surface area (Å²) in [5.74, 6) is 0. The first kappa shape index (κ1) is 16.3. The summed E-state index contributed by atoms with van der Waals surface area (Å²) in [6, 6.07) is 8.97. The van der Waals surface area contributed by atoms with E-state index in [9.17, 15) is 0 Å².